The van der Waals surface area contributed by atoms with Gasteiger partial charge >= 0.3 is 0 Å². The Morgan fingerprint density at radius 2 is 2.17 bits per heavy atom. The second-order valence-electron chi connectivity index (χ2n) is 2.70. The fourth-order valence-corrected chi connectivity index (χ4v) is 2.24. The van der Waals surface area contributed by atoms with Crippen LogP contribution in [0.2, 0.25) is 0 Å². The SMILES string of the molecule is c1ccc2c(c1)Nc1cnc-2s1. The van der Waals surface area contributed by atoms with Gasteiger partial charge in [0.05, 0.1) is 6.20 Å². The number of anilines is 2. The van der Waals surface area contributed by atoms with E-state index < -0.39 is 0 Å². The first-order valence-electron chi connectivity index (χ1n) is 3.76. The summed E-state index contributed by atoms with van der Waals surface area (Å²) in [7, 11) is 0. The van der Waals surface area contributed by atoms with Crippen molar-refractivity contribution in [3.8, 4) is 10.6 Å². The molecule has 2 nitrogen and oxygen atoms in total. The molecule has 2 aromatic rings. The molecule has 3 heteroatoms. The number of thiazole rings is 1. The van der Waals surface area contributed by atoms with E-state index in [2.05, 4.69) is 22.4 Å². The van der Waals surface area contributed by atoms with Crippen LogP contribution in [0.5, 0.6) is 0 Å². The van der Waals surface area contributed by atoms with Crippen LogP contribution in [0.4, 0.5) is 10.7 Å². The van der Waals surface area contributed by atoms with Gasteiger partial charge in [0.25, 0.3) is 0 Å². The first-order valence-corrected chi connectivity index (χ1v) is 4.57. The van der Waals surface area contributed by atoms with Crippen molar-refractivity contribution in [3.63, 3.8) is 0 Å². The van der Waals surface area contributed by atoms with E-state index in [1.807, 2.05) is 18.3 Å². The highest BCUT2D eigenvalue weighted by molar-refractivity contribution is 7.19. The number of nitrogens with one attached hydrogen (secondary N) is 1. The highest BCUT2D eigenvalue weighted by Gasteiger charge is 2.14. The van der Waals surface area contributed by atoms with Crippen molar-refractivity contribution in [2.24, 2.45) is 0 Å². The molecule has 1 aliphatic heterocycles. The zero-order valence-electron chi connectivity index (χ0n) is 6.24. The van der Waals surface area contributed by atoms with Gasteiger partial charge in [-0.1, -0.05) is 23.5 Å². The first-order chi connectivity index (χ1) is 5.93. The summed E-state index contributed by atoms with van der Waals surface area (Å²) >= 11 is 1.69. The molecule has 0 saturated heterocycles. The van der Waals surface area contributed by atoms with Crippen LogP contribution in [-0.2, 0) is 0 Å². The summed E-state index contributed by atoms with van der Waals surface area (Å²) in [4.78, 5) is 4.29. The minimum Gasteiger partial charge on any atom is -0.345 e. The molecule has 1 aromatic carbocycles. The Morgan fingerprint density at radius 1 is 1.25 bits per heavy atom. The Labute approximate surface area is 73.9 Å². The van der Waals surface area contributed by atoms with E-state index in [1.165, 1.54) is 11.3 Å². The maximum absolute atomic E-state index is 4.29. The maximum Gasteiger partial charge on any atom is 0.127 e. The summed E-state index contributed by atoms with van der Waals surface area (Å²) in [5.74, 6) is 0. The van der Waals surface area contributed by atoms with E-state index in [0.717, 1.165) is 10.0 Å². The zero-order valence-corrected chi connectivity index (χ0v) is 7.06. The smallest absolute Gasteiger partial charge is 0.127 e. The Hall–Kier alpha value is -1.35. The number of rotatable bonds is 0. The molecule has 0 atom stereocenters. The molecule has 0 unspecified atom stereocenters. The molecule has 2 heterocycles. The van der Waals surface area contributed by atoms with Gasteiger partial charge in [-0.25, -0.2) is 4.98 Å². The lowest BCUT2D eigenvalue weighted by Crippen LogP contribution is -1.91. The molecule has 3 rings (SSSR count). The third kappa shape index (κ3) is 0.713. The lowest BCUT2D eigenvalue weighted by molar-refractivity contribution is 1.43. The number of nitrogens with zero attached hydrogens (tertiary/aromatic N) is 1. The highest BCUT2D eigenvalue weighted by atomic mass is 32.1. The maximum atomic E-state index is 4.29. The molecule has 0 aliphatic carbocycles. The Morgan fingerprint density at radius 3 is 3.17 bits per heavy atom. The van der Waals surface area contributed by atoms with Crippen molar-refractivity contribution in [1.29, 1.82) is 0 Å². The van der Waals surface area contributed by atoms with E-state index in [0.29, 0.717) is 0 Å². The van der Waals surface area contributed by atoms with Crippen molar-refractivity contribution in [3.05, 3.63) is 30.5 Å². The largest absolute Gasteiger partial charge is 0.345 e. The summed E-state index contributed by atoms with van der Waals surface area (Å²) < 4.78 is 0. The molecule has 2 bridgehead atoms. The van der Waals surface area contributed by atoms with Crippen molar-refractivity contribution in [2.45, 2.75) is 0 Å². The molecular formula is C9H6N2S. The Kier molecular flexibility index (Phi) is 1.07. The van der Waals surface area contributed by atoms with Crippen molar-refractivity contribution in [2.75, 3.05) is 5.32 Å². The highest BCUT2D eigenvalue weighted by Crippen LogP contribution is 2.40. The summed E-state index contributed by atoms with van der Waals surface area (Å²) in [5.41, 5.74) is 2.37. The van der Waals surface area contributed by atoms with Crippen LogP contribution in [-0.4, -0.2) is 4.98 Å². The van der Waals surface area contributed by atoms with E-state index in [9.17, 15) is 0 Å². The van der Waals surface area contributed by atoms with Crippen molar-refractivity contribution < 1.29 is 0 Å². The second-order valence-corrected chi connectivity index (χ2v) is 3.73. The van der Waals surface area contributed by atoms with Gasteiger partial charge in [-0.05, 0) is 12.1 Å². The van der Waals surface area contributed by atoms with Crippen LogP contribution in [0.25, 0.3) is 10.6 Å². The molecule has 1 aromatic heterocycles. The third-order valence-electron chi connectivity index (χ3n) is 1.92. The average molecular weight is 174 g/mol. The fourth-order valence-electron chi connectivity index (χ4n) is 1.37. The van der Waals surface area contributed by atoms with E-state index in [-0.39, 0.29) is 0 Å². The predicted molar refractivity (Wildman–Crippen MR) is 50.8 cm³/mol. The van der Waals surface area contributed by atoms with E-state index >= 15 is 0 Å². The second kappa shape index (κ2) is 2.08. The van der Waals surface area contributed by atoms with Gasteiger partial charge in [0.2, 0.25) is 0 Å². The Balaban J connectivity index is 2.36. The molecule has 0 radical (unpaired) electrons. The minimum absolute atomic E-state index is 1.11. The zero-order chi connectivity index (χ0) is 7.97. The first kappa shape index (κ1) is 6.20. The van der Waals surface area contributed by atoms with E-state index in [1.54, 1.807) is 11.3 Å². The van der Waals surface area contributed by atoms with Crippen LogP contribution in [0, 0.1) is 0 Å². The molecule has 0 spiro atoms. The number of benzene rings is 1. The molecule has 58 valence electrons. The van der Waals surface area contributed by atoms with Crippen LogP contribution >= 0.6 is 11.3 Å². The van der Waals surface area contributed by atoms with Gasteiger partial charge in [0, 0.05) is 11.3 Å². The Bertz CT molecular complexity index is 434. The number of hydrogen-bond donors (Lipinski definition) is 1. The molecule has 1 aliphatic rings. The van der Waals surface area contributed by atoms with Crippen LogP contribution in [0.1, 0.15) is 0 Å². The van der Waals surface area contributed by atoms with Crippen LogP contribution in [0.15, 0.2) is 30.5 Å². The van der Waals surface area contributed by atoms with Gasteiger partial charge in [-0.3, -0.25) is 0 Å². The summed E-state index contributed by atoms with van der Waals surface area (Å²) in [6.07, 6.45) is 1.88. The van der Waals surface area contributed by atoms with Gasteiger partial charge in [0.1, 0.15) is 10.0 Å². The minimum atomic E-state index is 1.11. The molecule has 0 amide bonds. The van der Waals surface area contributed by atoms with Gasteiger partial charge in [0.15, 0.2) is 0 Å². The van der Waals surface area contributed by atoms with Gasteiger partial charge < -0.3 is 5.32 Å². The molecule has 0 fully saturated rings. The number of hydrogen-bond acceptors (Lipinski definition) is 3. The lowest BCUT2D eigenvalue weighted by Gasteiger charge is -2.10. The fraction of sp³-hybridized carbons (Fsp3) is 0. The summed E-state index contributed by atoms with van der Waals surface area (Å²) in [5, 5.41) is 5.54. The summed E-state index contributed by atoms with van der Waals surface area (Å²) in [6, 6.07) is 8.23. The molecule has 0 saturated carbocycles. The van der Waals surface area contributed by atoms with Crippen molar-refractivity contribution >= 4 is 22.0 Å². The quantitative estimate of drug-likeness (QED) is 0.567. The number of fused-ring (bicyclic) bond motifs is 4. The standard InChI is InChI=1S/C9H6N2S/c1-2-4-7-6(3-1)9-10-5-8(11-7)12-9/h1-5,11H. The topological polar surface area (TPSA) is 24.9 Å². The lowest BCUT2D eigenvalue weighted by atomic mass is 10.2. The number of para-hydroxylation sites is 1. The van der Waals surface area contributed by atoms with Crippen LogP contribution in [0.3, 0.4) is 0 Å². The van der Waals surface area contributed by atoms with E-state index in [4.69, 9.17) is 0 Å². The summed E-state index contributed by atoms with van der Waals surface area (Å²) in [6.45, 7) is 0. The normalized spacial score (nSPS) is 12.0. The van der Waals surface area contributed by atoms with Gasteiger partial charge in [-0.15, -0.1) is 0 Å². The molecule has 1 N–H and O–H groups in total. The molecule has 12 heavy (non-hydrogen) atoms. The van der Waals surface area contributed by atoms with Crippen LogP contribution < -0.4 is 5.32 Å². The number of aromatic nitrogens is 1. The van der Waals surface area contributed by atoms with Crippen molar-refractivity contribution in [1.82, 2.24) is 4.98 Å². The van der Waals surface area contributed by atoms with Gasteiger partial charge in [-0.2, -0.15) is 0 Å². The third-order valence-corrected chi connectivity index (χ3v) is 2.87. The average Bonchev–Trinajstić information content (AvgIpc) is 2.49. The predicted octanol–water partition coefficient (Wildman–Crippen LogP) is 2.87. The monoisotopic (exact) mass is 174 g/mol. The molecular weight excluding hydrogens is 168 g/mol.